The minimum atomic E-state index is -4.79. The lowest BCUT2D eigenvalue weighted by molar-refractivity contribution is -0.149. The van der Waals surface area contributed by atoms with Crippen LogP contribution >= 0.6 is 23.2 Å². The zero-order valence-corrected chi connectivity index (χ0v) is 65.2. The number of nitrogens with two attached hydrogens (primary N) is 2. The van der Waals surface area contributed by atoms with Crippen LogP contribution in [0.4, 0.5) is 68.3 Å². The summed E-state index contributed by atoms with van der Waals surface area (Å²) in [6.07, 6.45) is -1.48. The van der Waals surface area contributed by atoms with Crippen molar-refractivity contribution in [3.05, 3.63) is 116 Å². The molecule has 8 amide bonds. The molecule has 6 saturated heterocycles. The molecule has 612 valence electrons. The molecule has 12 rings (SSSR count). The smallest absolute Gasteiger partial charge is 0.418 e. The van der Waals surface area contributed by atoms with Crippen molar-refractivity contribution in [2.45, 2.75) is 191 Å². The molecule has 0 bridgehead atoms. The average Bonchev–Trinajstić information content (AvgIpc) is 1.16. The monoisotopic (exact) mass is 1610 g/mol. The Balaban J connectivity index is 0.000000222. The Hall–Kier alpha value is -8.48. The number of carbonyl (C=O) groups excluding carboxylic acids is 8. The number of amides is 8. The lowest BCUT2D eigenvalue weighted by Crippen LogP contribution is -2.52. The third kappa shape index (κ3) is 21.7. The SMILES string of the molecule is CCCCCCOC(=O)[C@@H]1CCN(C2CCN(C(=O)[C@@H](Cc3cc(Cl)c(N)c(C(F)(F)F)c3)OC(=O)N3CCC(N4CCc5ccccc5NC4=O)CC3)CC2)C1.CCCCOC(=O)[C@@H]1CCN(C2CCN(C(=O)[C@@H](Cc3cc(Cl)c(N)c(C(F)(F)F)c3)OC(=O)N3CCC(N4CCc5ccccc5NC4=O)CC3)CC2)C1. The topological polar surface area (TPSA) is 276 Å². The van der Waals surface area contributed by atoms with E-state index in [0.29, 0.717) is 143 Å². The van der Waals surface area contributed by atoms with Crippen molar-refractivity contribution in [1.29, 1.82) is 0 Å². The largest absolute Gasteiger partial charge is 0.465 e. The zero-order valence-electron chi connectivity index (χ0n) is 63.7. The van der Waals surface area contributed by atoms with Crippen molar-refractivity contribution < 1.29 is 83.6 Å². The molecule has 8 aliphatic heterocycles. The van der Waals surface area contributed by atoms with Crippen LogP contribution in [0.25, 0.3) is 0 Å². The van der Waals surface area contributed by atoms with Crippen molar-refractivity contribution in [2.75, 3.05) is 127 Å². The Bertz CT molecular complexity index is 3960. The number of nitrogen functional groups attached to an aromatic ring is 2. The number of nitrogens with zero attached hydrogens (tertiary/aromatic N) is 8. The van der Waals surface area contributed by atoms with Crippen LogP contribution in [-0.2, 0) is 76.2 Å². The molecule has 0 aliphatic carbocycles. The fraction of sp³-hybridized carbons (Fsp3) is 0.600. The summed E-state index contributed by atoms with van der Waals surface area (Å²) in [4.78, 5) is 121. The van der Waals surface area contributed by atoms with E-state index >= 15 is 0 Å². The van der Waals surface area contributed by atoms with Crippen LogP contribution in [0.2, 0.25) is 10.0 Å². The molecular formula is C80H104Cl2F6N12O12. The number of ether oxygens (including phenoxy) is 4. The van der Waals surface area contributed by atoms with Gasteiger partial charge in [0.15, 0.2) is 12.2 Å². The molecule has 32 heteroatoms. The predicted octanol–water partition coefficient (Wildman–Crippen LogP) is 13.2. The molecule has 0 spiro atoms. The van der Waals surface area contributed by atoms with Crippen molar-refractivity contribution >= 4 is 94.0 Å². The molecule has 6 fully saturated rings. The Morgan fingerprint density at radius 3 is 1.22 bits per heavy atom. The van der Waals surface area contributed by atoms with E-state index in [1.54, 1.807) is 19.6 Å². The van der Waals surface area contributed by atoms with Gasteiger partial charge in [-0.3, -0.25) is 29.0 Å². The highest BCUT2D eigenvalue weighted by atomic mass is 35.5. The number of halogens is 8. The van der Waals surface area contributed by atoms with Gasteiger partial charge in [-0.2, -0.15) is 26.3 Å². The van der Waals surface area contributed by atoms with Crippen LogP contribution in [0.3, 0.4) is 0 Å². The molecular weight excluding hydrogens is 1510 g/mol. The van der Waals surface area contributed by atoms with E-state index in [9.17, 15) is 64.7 Å². The van der Waals surface area contributed by atoms with Gasteiger partial charge < -0.3 is 70.4 Å². The molecule has 0 radical (unpaired) electrons. The molecule has 6 N–H and O–H groups in total. The first-order chi connectivity index (χ1) is 53.6. The van der Waals surface area contributed by atoms with Crippen molar-refractivity contribution in [3.63, 3.8) is 0 Å². The number of piperidine rings is 4. The molecule has 24 nitrogen and oxygen atoms in total. The first kappa shape index (κ1) is 84.4. The molecule has 0 saturated carbocycles. The highest BCUT2D eigenvalue weighted by molar-refractivity contribution is 6.33. The number of fused-ring (bicyclic) bond motifs is 2. The molecule has 4 atom stereocenters. The summed E-state index contributed by atoms with van der Waals surface area (Å²) in [7, 11) is 0. The third-order valence-electron chi connectivity index (χ3n) is 23.2. The number of benzene rings is 4. The zero-order chi connectivity index (χ0) is 80.0. The number of urea groups is 2. The Morgan fingerprint density at radius 2 is 0.839 bits per heavy atom. The maximum atomic E-state index is 14.1. The van der Waals surface area contributed by atoms with Gasteiger partial charge in [0.25, 0.3) is 11.8 Å². The highest BCUT2D eigenvalue weighted by Gasteiger charge is 2.44. The first-order valence-corrected chi connectivity index (χ1v) is 40.3. The van der Waals surface area contributed by atoms with Gasteiger partial charge in [0.2, 0.25) is 0 Å². The van der Waals surface area contributed by atoms with E-state index in [1.165, 1.54) is 21.9 Å². The molecule has 4 aromatic rings. The lowest BCUT2D eigenvalue weighted by Gasteiger charge is -2.39. The van der Waals surface area contributed by atoms with Crippen LogP contribution in [-0.4, -0.2) is 228 Å². The third-order valence-corrected chi connectivity index (χ3v) is 23.8. The summed E-state index contributed by atoms with van der Waals surface area (Å²) >= 11 is 12.3. The normalized spacial score (nSPS) is 20.6. The second kappa shape index (κ2) is 38.6. The molecule has 0 aromatic heterocycles. The highest BCUT2D eigenvalue weighted by Crippen LogP contribution is 2.41. The Kier molecular flexibility index (Phi) is 29.1. The van der Waals surface area contributed by atoms with Crippen LogP contribution in [0.5, 0.6) is 0 Å². The minimum absolute atomic E-state index is 0.0494. The fourth-order valence-electron chi connectivity index (χ4n) is 16.6. The average molecular weight is 1610 g/mol. The fourth-order valence-corrected chi connectivity index (χ4v) is 17.1. The van der Waals surface area contributed by atoms with E-state index < -0.39 is 71.1 Å². The maximum absolute atomic E-state index is 14.1. The molecule has 0 unspecified atom stereocenters. The van der Waals surface area contributed by atoms with Gasteiger partial charge in [0.05, 0.1) is 57.6 Å². The van der Waals surface area contributed by atoms with Crippen LogP contribution < -0.4 is 22.1 Å². The molecule has 8 heterocycles. The van der Waals surface area contributed by atoms with Crippen LogP contribution in [0.15, 0.2) is 72.8 Å². The maximum Gasteiger partial charge on any atom is 0.418 e. The number of anilines is 4. The number of para-hydroxylation sites is 2. The summed E-state index contributed by atoms with van der Waals surface area (Å²) < 4.78 is 106. The van der Waals surface area contributed by atoms with Crippen molar-refractivity contribution in [3.8, 4) is 0 Å². The molecule has 4 aromatic carbocycles. The lowest BCUT2D eigenvalue weighted by atomic mass is 10.00. The number of hydrogen-bond donors (Lipinski definition) is 4. The van der Waals surface area contributed by atoms with Gasteiger partial charge in [-0.1, -0.05) is 99.1 Å². The number of unbranched alkanes of at least 4 members (excludes halogenated alkanes) is 4. The van der Waals surface area contributed by atoms with E-state index in [1.807, 2.05) is 55.5 Å². The van der Waals surface area contributed by atoms with Crippen LogP contribution in [0.1, 0.15) is 150 Å². The second-order valence-corrected chi connectivity index (χ2v) is 31.4. The number of hydrogen-bond acceptors (Lipinski definition) is 16. The second-order valence-electron chi connectivity index (χ2n) is 30.5. The molecule has 8 aliphatic rings. The van der Waals surface area contributed by atoms with E-state index in [0.717, 1.165) is 86.2 Å². The number of nitrogens with one attached hydrogen (secondary N) is 2. The summed E-state index contributed by atoms with van der Waals surface area (Å²) in [5.41, 5.74) is 11.6. The van der Waals surface area contributed by atoms with E-state index in [2.05, 4.69) is 27.4 Å². The van der Waals surface area contributed by atoms with Crippen molar-refractivity contribution in [1.82, 2.24) is 39.2 Å². The summed E-state index contributed by atoms with van der Waals surface area (Å²) in [5, 5.41) is 5.34. The number of carbonyl (C=O) groups is 8. The predicted molar refractivity (Wildman–Crippen MR) is 410 cm³/mol. The standard InChI is InChI=1S/C41H54ClF3N6O6.C39H50ClF3N6O6/c1-2-3-4-7-22-56-38(53)29-10-16-50(26-29)30-12-17-48(18-13-30)37(52)35(25-27-23-32(41(43,44)45)36(46)33(42)24-27)57-40(55)49-19-14-31(15-20-49)51-21-11-28-8-5-6-9-34(28)47-39(51)54;1-2-3-20-54-36(51)27-8-14-48(24-27)28-10-15-46(16-11-28)35(50)33(23-25-21-30(39(41,42)43)34(44)31(40)22-25)55-38(53)47-17-12-29(13-18-47)49-19-9-26-6-4-5-7-32(26)45-37(49)52/h5-6,8-9,23-24,29-31,35H,2-4,7,10-22,25-26,46H2,1H3,(H,47,54);4-7,21-22,27-29,33H,2-3,8-20,23-24,44H2,1H3,(H,45,52)/t29-,35-;27-,33-/m11/s1. The van der Waals surface area contributed by atoms with Gasteiger partial charge in [-0.25, -0.2) is 19.2 Å². The number of likely N-dealkylation sites (tertiary alicyclic amines) is 6. The van der Waals surface area contributed by atoms with E-state index in [4.69, 9.17) is 53.6 Å². The molecule has 112 heavy (non-hydrogen) atoms. The number of rotatable bonds is 22. The van der Waals surface area contributed by atoms with Gasteiger partial charge in [-0.05, 0) is 162 Å². The summed E-state index contributed by atoms with van der Waals surface area (Å²) in [5.74, 6) is -1.72. The summed E-state index contributed by atoms with van der Waals surface area (Å²) in [6, 6.07) is 19.2. The van der Waals surface area contributed by atoms with E-state index in [-0.39, 0.29) is 120 Å². The Morgan fingerprint density at radius 1 is 0.473 bits per heavy atom. The van der Waals surface area contributed by atoms with Gasteiger partial charge in [0.1, 0.15) is 0 Å². The number of esters is 2. The van der Waals surface area contributed by atoms with Gasteiger partial charge in [0, 0.05) is 127 Å². The van der Waals surface area contributed by atoms with Crippen LogP contribution in [0, 0.1) is 11.8 Å². The first-order valence-electron chi connectivity index (χ1n) is 39.6. The number of alkyl halides is 6. The minimum Gasteiger partial charge on any atom is -0.465 e. The van der Waals surface area contributed by atoms with Gasteiger partial charge in [-0.15, -0.1) is 0 Å². The quantitative estimate of drug-likeness (QED) is 0.0187. The van der Waals surface area contributed by atoms with Gasteiger partial charge >= 0.3 is 48.5 Å². The summed E-state index contributed by atoms with van der Waals surface area (Å²) in [6.45, 7) is 11.2. The van der Waals surface area contributed by atoms with Crippen molar-refractivity contribution in [2.24, 2.45) is 11.8 Å². The Labute approximate surface area is 659 Å².